The first-order valence-corrected chi connectivity index (χ1v) is 5.24. The first kappa shape index (κ1) is 13.5. The van der Waals surface area contributed by atoms with Crippen molar-refractivity contribution in [1.82, 2.24) is 0 Å². The average molecular weight is 200 g/mol. The number of carbonyl (C=O) groups is 1. The van der Waals surface area contributed by atoms with E-state index in [-0.39, 0.29) is 22.9 Å². The van der Waals surface area contributed by atoms with Crippen LogP contribution in [0.3, 0.4) is 0 Å². The van der Waals surface area contributed by atoms with Gasteiger partial charge in [-0.3, -0.25) is 4.79 Å². The molecule has 84 valence electrons. The molecule has 0 aliphatic heterocycles. The molecular weight excluding hydrogens is 176 g/mol. The molecule has 0 fully saturated rings. The molecule has 0 aromatic carbocycles. The fourth-order valence-corrected chi connectivity index (χ4v) is 1.40. The van der Waals surface area contributed by atoms with Crippen LogP contribution in [0.25, 0.3) is 0 Å². The van der Waals surface area contributed by atoms with Crippen LogP contribution in [-0.4, -0.2) is 11.6 Å². The minimum absolute atomic E-state index is 0.0192. The predicted octanol–water partition coefficient (Wildman–Crippen LogP) is 3.40. The Balaban J connectivity index is 4.15. The molecular formula is C12H24O2. The highest BCUT2D eigenvalue weighted by atomic mass is 16.6. The van der Waals surface area contributed by atoms with Crippen molar-refractivity contribution in [2.75, 3.05) is 0 Å². The number of carbonyl (C=O) groups excluding carboxylic acids is 1. The van der Waals surface area contributed by atoms with Crippen molar-refractivity contribution in [1.29, 1.82) is 0 Å². The Morgan fingerprint density at radius 1 is 1.14 bits per heavy atom. The topological polar surface area (TPSA) is 26.3 Å². The van der Waals surface area contributed by atoms with E-state index in [4.69, 9.17) is 4.74 Å². The predicted molar refractivity (Wildman–Crippen MR) is 59.1 cm³/mol. The Morgan fingerprint density at radius 2 is 1.57 bits per heavy atom. The lowest BCUT2D eigenvalue weighted by atomic mass is 9.85. The SMILES string of the molecule is C[C@H](CC(C)(C)C)C(=O)OC(C)(C)C. The summed E-state index contributed by atoms with van der Waals surface area (Å²) < 4.78 is 5.31. The maximum Gasteiger partial charge on any atom is 0.309 e. The highest BCUT2D eigenvalue weighted by Crippen LogP contribution is 2.25. The van der Waals surface area contributed by atoms with Crippen molar-refractivity contribution in [2.45, 2.75) is 60.5 Å². The smallest absolute Gasteiger partial charge is 0.309 e. The van der Waals surface area contributed by atoms with E-state index in [1.807, 2.05) is 27.7 Å². The maximum absolute atomic E-state index is 11.6. The third kappa shape index (κ3) is 6.93. The van der Waals surface area contributed by atoms with Gasteiger partial charge in [-0.05, 0) is 32.6 Å². The normalized spacial score (nSPS) is 15.1. The molecule has 2 nitrogen and oxygen atoms in total. The van der Waals surface area contributed by atoms with Gasteiger partial charge in [0.1, 0.15) is 5.60 Å². The van der Waals surface area contributed by atoms with E-state index >= 15 is 0 Å². The van der Waals surface area contributed by atoms with Crippen LogP contribution in [0.4, 0.5) is 0 Å². The van der Waals surface area contributed by atoms with Gasteiger partial charge >= 0.3 is 5.97 Å². The van der Waals surface area contributed by atoms with Crippen LogP contribution >= 0.6 is 0 Å². The van der Waals surface area contributed by atoms with Gasteiger partial charge in [0.25, 0.3) is 0 Å². The number of rotatable bonds is 2. The molecule has 0 aromatic heterocycles. The lowest BCUT2D eigenvalue weighted by molar-refractivity contribution is -0.160. The molecule has 1 atom stereocenters. The fraction of sp³-hybridized carbons (Fsp3) is 0.917. The summed E-state index contributed by atoms with van der Waals surface area (Å²) in [5.41, 5.74) is -0.195. The molecule has 0 heterocycles. The zero-order valence-electron chi connectivity index (χ0n) is 10.6. The maximum atomic E-state index is 11.6. The van der Waals surface area contributed by atoms with Gasteiger partial charge in [0.15, 0.2) is 0 Å². The average Bonchev–Trinajstić information content (AvgIpc) is 1.78. The molecule has 0 saturated carbocycles. The zero-order chi connectivity index (χ0) is 11.6. The zero-order valence-corrected chi connectivity index (χ0v) is 10.6. The van der Waals surface area contributed by atoms with Gasteiger partial charge in [-0.2, -0.15) is 0 Å². The largest absolute Gasteiger partial charge is 0.460 e. The number of hydrogen-bond acceptors (Lipinski definition) is 2. The van der Waals surface area contributed by atoms with E-state index in [1.165, 1.54) is 0 Å². The quantitative estimate of drug-likeness (QED) is 0.639. The van der Waals surface area contributed by atoms with Gasteiger partial charge < -0.3 is 4.74 Å². The van der Waals surface area contributed by atoms with Crippen LogP contribution in [0, 0.1) is 11.3 Å². The minimum atomic E-state index is -0.372. The summed E-state index contributed by atoms with van der Waals surface area (Å²) in [7, 11) is 0. The van der Waals surface area contributed by atoms with Crippen molar-refractivity contribution in [3.05, 3.63) is 0 Å². The third-order valence-electron chi connectivity index (χ3n) is 1.73. The van der Waals surface area contributed by atoms with Gasteiger partial charge in [0.05, 0.1) is 5.92 Å². The van der Waals surface area contributed by atoms with Gasteiger partial charge in [0, 0.05) is 0 Å². The van der Waals surface area contributed by atoms with Gasteiger partial charge in [0.2, 0.25) is 0 Å². The van der Waals surface area contributed by atoms with Crippen molar-refractivity contribution < 1.29 is 9.53 Å². The molecule has 0 bridgehead atoms. The molecule has 0 amide bonds. The molecule has 0 saturated heterocycles. The first-order chi connectivity index (χ1) is 6.01. The Kier molecular flexibility index (Phi) is 4.16. The van der Waals surface area contributed by atoms with E-state index in [2.05, 4.69) is 20.8 Å². The van der Waals surface area contributed by atoms with Crippen LogP contribution in [0.2, 0.25) is 0 Å². The highest BCUT2D eigenvalue weighted by molar-refractivity contribution is 5.72. The van der Waals surface area contributed by atoms with E-state index in [9.17, 15) is 4.79 Å². The second-order valence-electron chi connectivity index (χ2n) is 6.20. The fourth-order valence-electron chi connectivity index (χ4n) is 1.40. The lowest BCUT2D eigenvalue weighted by Gasteiger charge is -2.26. The number of ether oxygens (including phenoxy) is 1. The van der Waals surface area contributed by atoms with Crippen molar-refractivity contribution in [3.8, 4) is 0 Å². The van der Waals surface area contributed by atoms with Crippen LogP contribution < -0.4 is 0 Å². The molecule has 0 N–H and O–H groups in total. The van der Waals surface area contributed by atoms with Crippen LogP contribution in [0.1, 0.15) is 54.9 Å². The molecule has 0 radical (unpaired) electrons. The first-order valence-electron chi connectivity index (χ1n) is 5.24. The van der Waals surface area contributed by atoms with Crippen LogP contribution in [0.5, 0.6) is 0 Å². The summed E-state index contributed by atoms with van der Waals surface area (Å²) in [6.45, 7) is 14.0. The summed E-state index contributed by atoms with van der Waals surface area (Å²) in [5.74, 6) is -0.110. The summed E-state index contributed by atoms with van der Waals surface area (Å²) in [6, 6.07) is 0. The van der Waals surface area contributed by atoms with E-state index in [1.54, 1.807) is 0 Å². The monoisotopic (exact) mass is 200 g/mol. The molecule has 0 aliphatic carbocycles. The van der Waals surface area contributed by atoms with Crippen molar-refractivity contribution in [2.24, 2.45) is 11.3 Å². The molecule has 14 heavy (non-hydrogen) atoms. The van der Waals surface area contributed by atoms with Gasteiger partial charge in [-0.15, -0.1) is 0 Å². The third-order valence-corrected chi connectivity index (χ3v) is 1.73. The Hall–Kier alpha value is -0.530. The molecule has 0 spiro atoms. The van der Waals surface area contributed by atoms with Crippen LogP contribution in [-0.2, 0) is 9.53 Å². The van der Waals surface area contributed by atoms with E-state index in [0.717, 1.165) is 6.42 Å². The summed E-state index contributed by atoms with van der Waals surface area (Å²) in [4.78, 5) is 11.6. The Bertz CT molecular complexity index is 193. The summed E-state index contributed by atoms with van der Waals surface area (Å²) >= 11 is 0. The molecule has 0 unspecified atom stereocenters. The van der Waals surface area contributed by atoms with Gasteiger partial charge in [-0.1, -0.05) is 27.7 Å². The number of esters is 1. The summed E-state index contributed by atoms with van der Waals surface area (Å²) in [6.07, 6.45) is 0.863. The second-order valence-corrected chi connectivity index (χ2v) is 6.20. The van der Waals surface area contributed by atoms with Crippen molar-refractivity contribution >= 4 is 5.97 Å². The molecule has 2 heteroatoms. The Labute approximate surface area is 88.0 Å². The Morgan fingerprint density at radius 3 is 1.86 bits per heavy atom. The van der Waals surface area contributed by atoms with Crippen LogP contribution in [0.15, 0.2) is 0 Å². The molecule has 0 rings (SSSR count). The standard InChI is InChI=1S/C12H24O2/c1-9(8-11(2,3)4)10(13)14-12(5,6)7/h9H,8H2,1-7H3/t9-/m1/s1. The highest BCUT2D eigenvalue weighted by Gasteiger charge is 2.25. The number of hydrogen-bond donors (Lipinski definition) is 0. The van der Waals surface area contributed by atoms with Crippen molar-refractivity contribution in [3.63, 3.8) is 0 Å². The lowest BCUT2D eigenvalue weighted by Crippen LogP contribution is -2.29. The molecule has 0 aromatic rings. The minimum Gasteiger partial charge on any atom is -0.460 e. The summed E-state index contributed by atoms with van der Waals surface area (Å²) in [5, 5.41) is 0. The van der Waals surface area contributed by atoms with E-state index in [0.29, 0.717) is 0 Å². The molecule has 0 aliphatic rings. The van der Waals surface area contributed by atoms with E-state index < -0.39 is 0 Å². The van der Waals surface area contributed by atoms with Gasteiger partial charge in [-0.25, -0.2) is 0 Å². The second kappa shape index (κ2) is 4.33.